The first-order valence-electron chi connectivity index (χ1n) is 5.90. The van der Waals surface area contributed by atoms with E-state index in [4.69, 9.17) is 15.6 Å². The number of para-hydroxylation sites is 1. The van der Waals surface area contributed by atoms with Crippen molar-refractivity contribution in [1.82, 2.24) is 0 Å². The smallest absolute Gasteiger partial charge is 0.0637 e. The minimum absolute atomic E-state index is 0.0186. The van der Waals surface area contributed by atoms with Gasteiger partial charge in [0.1, 0.15) is 0 Å². The predicted octanol–water partition coefficient (Wildman–Crippen LogP) is 1.15. The molecule has 0 aliphatic carbocycles. The molecule has 1 rings (SSSR count). The highest BCUT2D eigenvalue weighted by Crippen LogP contribution is 2.24. The SMILES string of the molecule is COCCN(CCO)c1ccccc1[C@@H](C)N. The molecule has 0 unspecified atom stereocenters. The number of ether oxygens (including phenoxy) is 1. The van der Waals surface area contributed by atoms with Gasteiger partial charge in [-0.15, -0.1) is 0 Å². The van der Waals surface area contributed by atoms with E-state index in [0.717, 1.165) is 17.8 Å². The highest BCUT2D eigenvalue weighted by molar-refractivity contribution is 5.54. The number of hydrogen-bond acceptors (Lipinski definition) is 4. The molecule has 0 saturated carbocycles. The van der Waals surface area contributed by atoms with Crippen LogP contribution in [0.5, 0.6) is 0 Å². The molecular weight excluding hydrogens is 216 g/mol. The van der Waals surface area contributed by atoms with E-state index in [2.05, 4.69) is 4.90 Å². The Morgan fingerprint density at radius 2 is 2.06 bits per heavy atom. The highest BCUT2D eigenvalue weighted by Gasteiger charge is 2.12. The van der Waals surface area contributed by atoms with E-state index < -0.39 is 0 Å². The maximum atomic E-state index is 9.11. The van der Waals surface area contributed by atoms with Gasteiger partial charge in [-0.25, -0.2) is 0 Å². The molecule has 4 heteroatoms. The summed E-state index contributed by atoms with van der Waals surface area (Å²) in [4.78, 5) is 2.10. The number of rotatable bonds is 7. The van der Waals surface area contributed by atoms with Crippen molar-refractivity contribution < 1.29 is 9.84 Å². The number of nitrogens with two attached hydrogens (primary N) is 1. The fraction of sp³-hybridized carbons (Fsp3) is 0.538. The zero-order valence-corrected chi connectivity index (χ0v) is 10.6. The number of methoxy groups -OCH3 is 1. The molecule has 1 aromatic carbocycles. The normalized spacial score (nSPS) is 12.5. The van der Waals surface area contributed by atoms with E-state index in [0.29, 0.717) is 13.2 Å². The molecule has 96 valence electrons. The zero-order chi connectivity index (χ0) is 12.7. The second-order valence-electron chi connectivity index (χ2n) is 4.05. The van der Waals surface area contributed by atoms with E-state index in [-0.39, 0.29) is 12.6 Å². The lowest BCUT2D eigenvalue weighted by Gasteiger charge is -2.27. The maximum Gasteiger partial charge on any atom is 0.0637 e. The predicted molar refractivity (Wildman–Crippen MR) is 70.2 cm³/mol. The fourth-order valence-electron chi connectivity index (χ4n) is 1.84. The van der Waals surface area contributed by atoms with Crippen LogP contribution in [0.4, 0.5) is 5.69 Å². The quantitative estimate of drug-likeness (QED) is 0.748. The third-order valence-corrected chi connectivity index (χ3v) is 2.70. The van der Waals surface area contributed by atoms with Crippen molar-refractivity contribution in [3.63, 3.8) is 0 Å². The molecule has 0 saturated heterocycles. The molecule has 0 fully saturated rings. The van der Waals surface area contributed by atoms with Crippen LogP contribution in [-0.4, -0.2) is 38.5 Å². The minimum atomic E-state index is -0.0186. The lowest BCUT2D eigenvalue weighted by molar-refractivity contribution is 0.203. The fourth-order valence-corrected chi connectivity index (χ4v) is 1.84. The molecule has 0 bridgehead atoms. The molecule has 0 radical (unpaired) electrons. The number of nitrogens with zero attached hydrogens (tertiary/aromatic N) is 1. The molecule has 3 N–H and O–H groups in total. The van der Waals surface area contributed by atoms with Gasteiger partial charge in [0, 0.05) is 31.9 Å². The molecule has 1 aromatic rings. The van der Waals surface area contributed by atoms with Gasteiger partial charge in [-0.1, -0.05) is 18.2 Å². The summed E-state index contributed by atoms with van der Waals surface area (Å²) in [7, 11) is 1.68. The van der Waals surface area contributed by atoms with Crippen LogP contribution in [0.25, 0.3) is 0 Å². The summed E-state index contributed by atoms with van der Waals surface area (Å²) in [5, 5.41) is 9.11. The summed E-state index contributed by atoms with van der Waals surface area (Å²) < 4.78 is 5.09. The first kappa shape index (κ1) is 14.0. The van der Waals surface area contributed by atoms with Gasteiger partial charge < -0.3 is 20.5 Å². The van der Waals surface area contributed by atoms with Gasteiger partial charge in [0.05, 0.1) is 13.2 Å². The lowest BCUT2D eigenvalue weighted by atomic mass is 10.1. The number of hydrogen-bond donors (Lipinski definition) is 2. The van der Waals surface area contributed by atoms with Crippen molar-refractivity contribution in [3.8, 4) is 0 Å². The van der Waals surface area contributed by atoms with Crippen molar-refractivity contribution >= 4 is 5.69 Å². The molecule has 0 amide bonds. The maximum absolute atomic E-state index is 9.11. The van der Waals surface area contributed by atoms with Gasteiger partial charge in [0.15, 0.2) is 0 Å². The molecular formula is C13H22N2O2. The summed E-state index contributed by atoms with van der Waals surface area (Å²) in [6.07, 6.45) is 0. The summed E-state index contributed by atoms with van der Waals surface area (Å²) in [5.41, 5.74) is 8.13. The number of aliphatic hydroxyl groups excluding tert-OH is 1. The molecule has 1 atom stereocenters. The highest BCUT2D eigenvalue weighted by atomic mass is 16.5. The van der Waals surface area contributed by atoms with Crippen LogP contribution in [-0.2, 0) is 4.74 Å². The van der Waals surface area contributed by atoms with Crippen molar-refractivity contribution in [2.45, 2.75) is 13.0 Å². The van der Waals surface area contributed by atoms with Crippen LogP contribution in [0.2, 0.25) is 0 Å². The standard InChI is InChI=1S/C13H22N2O2/c1-11(14)12-5-3-4-6-13(12)15(7-9-16)8-10-17-2/h3-6,11,16H,7-10,14H2,1-2H3/t11-/m1/s1. The zero-order valence-electron chi connectivity index (χ0n) is 10.6. The van der Waals surface area contributed by atoms with E-state index in [1.807, 2.05) is 31.2 Å². The summed E-state index contributed by atoms with van der Waals surface area (Å²) in [5.74, 6) is 0. The molecule has 0 aliphatic heterocycles. The van der Waals surface area contributed by atoms with Crippen LogP contribution in [0.1, 0.15) is 18.5 Å². The topological polar surface area (TPSA) is 58.7 Å². The van der Waals surface area contributed by atoms with Crippen molar-refractivity contribution in [3.05, 3.63) is 29.8 Å². The minimum Gasteiger partial charge on any atom is -0.395 e. The van der Waals surface area contributed by atoms with Gasteiger partial charge in [-0.2, -0.15) is 0 Å². The Hall–Kier alpha value is -1.10. The van der Waals surface area contributed by atoms with E-state index in [1.165, 1.54) is 0 Å². The average Bonchev–Trinajstić information content (AvgIpc) is 2.34. The van der Waals surface area contributed by atoms with Gasteiger partial charge in [0.2, 0.25) is 0 Å². The molecule has 17 heavy (non-hydrogen) atoms. The van der Waals surface area contributed by atoms with E-state index in [9.17, 15) is 0 Å². The van der Waals surface area contributed by atoms with Crippen LogP contribution in [0.3, 0.4) is 0 Å². The number of benzene rings is 1. The first-order chi connectivity index (χ1) is 8.20. The van der Waals surface area contributed by atoms with Crippen molar-refractivity contribution in [2.24, 2.45) is 5.73 Å². The Balaban J connectivity index is 2.91. The van der Waals surface area contributed by atoms with Crippen LogP contribution in [0.15, 0.2) is 24.3 Å². The Labute approximate surface area is 103 Å². The first-order valence-corrected chi connectivity index (χ1v) is 5.90. The average molecular weight is 238 g/mol. The second kappa shape index (κ2) is 7.27. The molecule has 0 aromatic heterocycles. The summed E-state index contributed by atoms with van der Waals surface area (Å²) in [6, 6.07) is 8.00. The van der Waals surface area contributed by atoms with Gasteiger partial charge in [-0.05, 0) is 18.6 Å². The Morgan fingerprint density at radius 3 is 2.65 bits per heavy atom. The Kier molecular flexibility index (Phi) is 5.97. The van der Waals surface area contributed by atoms with E-state index >= 15 is 0 Å². The molecule has 0 spiro atoms. The van der Waals surface area contributed by atoms with Crippen LogP contribution in [0, 0.1) is 0 Å². The monoisotopic (exact) mass is 238 g/mol. The number of aliphatic hydroxyl groups is 1. The van der Waals surface area contributed by atoms with Crippen LogP contribution >= 0.6 is 0 Å². The van der Waals surface area contributed by atoms with Gasteiger partial charge in [0.25, 0.3) is 0 Å². The Bertz CT molecular complexity index is 329. The summed E-state index contributed by atoms with van der Waals surface area (Å²) in [6.45, 7) is 4.06. The van der Waals surface area contributed by atoms with E-state index in [1.54, 1.807) is 7.11 Å². The van der Waals surface area contributed by atoms with Gasteiger partial charge in [-0.3, -0.25) is 0 Å². The van der Waals surface area contributed by atoms with Crippen molar-refractivity contribution in [2.75, 3.05) is 38.3 Å². The van der Waals surface area contributed by atoms with Crippen LogP contribution < -0.4 is 10.6 Å². The number of anilines is 1. The second-order valence-corrected chi connectivity index (χ2v) is 4.05. The third kappa shape index (κ3) is 4.00. The van der Waals surface area contributed by atoms with Gasteiger partial charge >= 0.3 is 0 Å². The molecule has 0 heterocycles. The summed E-state index contributed by atoms with van der Waals surface area (Å²) >= 11 is 0. The third-order valence-electron chi connectivity index (χ3n) is 2.70. The lowest BCUT2D eigenvalue weighted by Crippen LogP contribution is -2.31. The largest absolute Gasteiger partial charge is 0.395 e. The Morgan fingerprint density at radius 1 is 1.35 bits per heavy atom. The molecule has 0 aliphatic rings. The van der Waals surface area contributed by atoms with Crippen molar-refractivity contribution in [1.29, 1.82) is 0 Å². The molecule has 4 nitrogen and oxygen atoms in total.